The largest absolute Gasteiger partial charge is 0.508 e. The van der Waals surface area contributed by atoms with Crippen LogP contribution in [0.15, 0.2) is 109 Å². The monoisotopic (exact) mass is 406 g/mol. The third kappa shape index (κ3) is 3.48. The summed E-state index contributed by atoms with van der Waals surface area (Å²) < 4.78 is 0. The van der Waals surface area contributed by atoms with E-state index in [0.717, 1.165) is 12.8 Å². The maximum absolute atomic E-state index is 9.97. The van der Waals surface area contributed by atoms with Crippen molar-refractivity contribution in [2.24, 2.45) is 0 Å². The summed E-state index contributed by atoms with van der Waals surface area (Å²) >= 11 is 0. The van der Waals surface area contributed by atoms with Crippen molar-refractivity contribution in [2.75, 3.05) is 0 Å². The molecule has 4 aromatic carbocycles. The molecule has 0 radical (unpaired) electrons. The van der Waals surface area contributed by atoms with E-state index >= 15 is 0 Å². The van der Waals surface area contributed by atoms with Gasteiger partial charge in [-0.2, -0.15) is 0 Å². The van der Waals surface area contributed by atoms with E-state index in [1.54, 1.807) is 24.3 Å². The fourth-order valence-electron chi connectivity index (χ4n) is 5.51. The van der Waals surface area contributed by atoms with Gasteiger partial charge in [0, 0.05) is 5.41 Å². The van der Waals surface area contributed by atoms with Crippen LogP contribution in [-0.2, 0) is 5.41 Å². The van der Waals surface area contributed by atoms with Crippen LogP contribution in [0.2, 0.25) is 0 Å². The molecule has 0 spiro atoms. The highest BCUT2D eigenvalue weighted by Gasteiger charge is 2.50. The lowest BCUT2D eigenvalue weighted by atomic mass is 9.65. The first kappa shape index (κ1) is 19.4. The van der Waals surface area contributed by atoms with E-state index in [-0.39, 0.29) is 22.8 Å². The van der Waals surface area contributed by atoms with Gasteiger partial charge in [0.15, 0.2) is 0 Å². The summed E-state index contributed by atoms with van der Waals surface area (Å²) in [4.78, 5) is 0. The number of phenols is 2. The number of aromatic hydroxyl groups is 2. The number of benzene rings is 4. The molecule has 2 nitrogen and oxygen atoms in total. The minimum absolute atomic E-state index is 0.261. The Hall–Kier alpha value is -3.52. The van der Waals surface area contributed by atoms with Gasteiger partial charge in [0.25, 0.3) is 0 Å². The summed E-state index contributed by atoms with van der Waals surface area (Å²) in [5, 5.41) is 19.9. The van der Waals surface area contributed by atoms with Gasteiger partial charge in [-0.05, 0) is 71.2 Å². The smallest absolute Gasteiger partial charge is 0.115 e. The molecule has 31 heavy (non-hydrogen) atoms. The van der Waals surface area contributed by atoms with Crippen LogP contribution < -0.4 is 0 Å². The molecule has 154 valence electrons. The van der Waals surface area contributed by atoms with Crippen LogP contribution >= 0.6 is 0 Å². The minimum atomic E-state index is -0.261. The van der Waals surface area contributed by atoms with Gasteiger partial charge in [-0.3, -0.25) is 0 Å². The fraction of sp³-hybridized carbons (Fsp3) is 0.172. The molecule has 1 aliphatic rings. The number of hydrogen-bond donors (Lipinski definition) is 2. The molecule has 0 heterocycles. The molecule has 0 bridgehead atoms. The zero-order valence-corrected chi connectivity index (χ0v) is 17.4. The Morgan fingerprint density at radius 3 is 1.48 bits per heavy atom. The van der Waals surface area contributed by atoms with Gasteiger partial charge in [-0.25, -0.2) is 0 Å². The lowest BCUT2D eigenvalue weighted by Gasteiger charge is -2.37. The first-order chi connectivity index (χ1) is 15.2. The molecule has 1 saturated carbocycles. The quantitative estimate of drug-likeness (QED) is 0.394. The summed E-state index contributed by atoms with van der Waals surface area (Å²) in [5.41, 5.74) is 4.82. The summed E-state index contributed by atoms with van der Waals surface area (Å²) in [6.07, 6.45) is 2.00. The molecular weight excluding hydrogens is 380 g/mol. The minimum Gasteiger partial charge on any atom is -0.508 e. The molecule has 2 N–H and O–H groups in total. The van der Waals surface area contributed by atoms with Gasteiger partial charge in [-0.15, -0.1) is 0 Å². The van der Waals surface area contributed by atoms with Gasteiger partial charge >= 0.3 is 0 Å². The second kappa shape index (κ2) is 7.96. The standard InChI is InChI=1S/C29H26O2/c30-26-15-11-24(12-16-26)29(25-13-17-27(31)18-14-25)20-23(21-7-3-1-4-8-21)19-28(29)22-9-5-2-6-10-22/h1-18,23,28,30-31H,19-20H2. The maximum atomic E-state index is 9.97. The highest BCUT2D eigenvalue weighted by Crippen LogP contribution is 2.60. The SMILES string of the molecule is Oc1ccc(C2(c3ccc(O)cc3)CC(c3ccccc3)CC2c2ccccc2)cc1. The first-order valence-electron chi connectivity index (χ1n) is 10.9. The van der Waals surface area contributed by atoms with Crippen LogP contribution in [0.3, 0.4) is 0 Å². The predicted molar refractivity (Wildman–Crippen MR) is 125 cm³/mol. The van der Waals surface area contributed by atoms with E-state index in [1.165, 1.54) is 22.3 Å². The van der Waals surface area contributed by atoms with Crippen molar-refractivity contribution in [1.82, 2.24) is 0 Å². The molecule has 2 atom stereocenters. The van der Waals surface area contributed by atoms with Crippen molar-refractivity contribution in [3.05, 3.63) is 131 Å². The van der Waals surface area contributed by atoms with Gasteiger partial charge < -0.3 is 10.2 Å². The Bertz CT molecular complexity index is 1090. The average molecular weight is 407 g/mol. The van der Waals surface area contributed by atoms with Crippen molar-refractivity contribution < 1.29 is 10.2 Å². The zero-order chi connectivity index (χ0) is 21.3. The molecule has 2 heteroatoms. The van der Waals surface area contributed by atoms with Crippen molar-refractivity contribution in [3.63, 3.8) is 0 Å². The molecule has 1 aliphatic carbocycles. The summed E-state index contributed by atoms with van der Waals surface area (Å²) in [5.74, 6) is 1.24. The lowest BCUT2D eigenvalue weighted by molar-refractivity contribution is 0.455. The molecule has 0 saturated heterocycles. The van der Waals surface area contributed by atoms with E-state index < -0.39 is 0 Å². The highest BCUT2D eigenvalue weighted by molar-refractivity contribution is 5.50. The van der Waals surface area contributed by atoms with E-state index in [0.29, 0.717) is 5.92 Å². The van der Waals surface area contributed by atoms with E-state index in [2.05, 4.69) is 84.9 Å². The van der Waals surface area contributed by atoms with Crippen molar-refractivity contribution in [3.8, 4) is 11.5 Å². The molecule has 0 aromatic heterocycles. The number of rotatable bonds is 4. The van der Waals surface area contributed by atoms with Crippen LogP contribution in [-0.4, -0.2) is 10.2 Å². The second-order valence-electron chi connectivity index (χ2n) is 8.58. The molecule has 1 fully saturated rings. The first-order valence-corrected chi connectivity index (χ1v) is 10.9. The lowest BCUT2D eigenvalue weighted by Crippen LogP contribution is -2.31. The third-order valence-corrected chi connectivity index (χ3v) is 6.92. The zero-order valence-electron chi connectivity index (χ0n) is 17.4. The Kier molecular flexibility index (Phi) is 4.99. The van der Waals surface area contributed by atoms with Crippen molar-refractivity contribution >= 4 is 0 Å². The molecule has 4 aromatic rings. The van der Waals surface area contributed by atoms with E-state index in [9.17, 15) is 10.2 Å². The highest BCUT2D eigenvalue weighted by atomic mass is 16.3. The van der Waals surface area contributed by atoms with Crippen molar-refractivity contribution in [1.29, 1.82) is 0 Å². The Morgan fingerprint density at radius 1 is 0.548 bits per heavy atom. The van der Waals surface area contributed by atoms with Gasteiger partial charge in [0.1, 0.15) is 11.5 Å². The van der Waals surface area contributed by atoms with Crippen LogP contribution in [0.25, 0.3) is 0 Å². The van der Waals surface area contributed by atoms with Crippen LogP contribution in [0.1, 0.15) is 46.9 Å². The van der Waals surface area contributed by atoms with Gasteiger partial charge in [0.2, 0.25) is 0 Å². The molecule has 0 aliphatic heterocycles. The Morgan fingerprint density at radius 2 is 1.00 bits per heavy atom. The second-order valence-corrected chi connectivity index (χ2v) is 8.58. The van der Waals surface area contributed by atoms with Gasteiger partial charge in [-0.1, -0.05) is 84.9 Å². The van der Waals surface area contributed by atoms with Gasteiger partial charge in [0.05, 0.1) is 0 Å². The summed E-state index contributed by atoms with van der Waals surface area (Å²) in [6.45, 7) is 0. The van der Waals surface area contributed by atoms with E-state index in [4.69, 9.17) is 0 Å². The maximum Gasteiger partial charge on any atom is 0.115 e. The van der Waals surface area contributed by atoms with Crippen LogP contribution in [0, 0.1) is 0 Å². The van der Waals surface area contributed by atoms with Crippen molar-refractivity contribution in [2.45, 2.75) is 30.1 Å². The number of hydrogen-bond acceptors (Lipinski definition) is 2. The Labute approximate surface area is 183 Å². The fourth-order valence-corrected chi connectivity index (χ4v) is 5.51. The van der Waals surface area contributed by atoms with Crippen LogP contribution in [0.4, 0.5) is 0 Å². The molecular formula is C29H26O2. The molecule has 5 rings (SSSR count). The predicted octanol–water partition coefficient (Wildman–Crippen LogP) is 6.75. The summed E-state index contributed by atoms with van der Waals surface area (Å²) in [6, 6.07) is 36.9. The third-order valence-electron chi connectivity index (χ3n) is 6.92. The van der Waals surface area contributed by atoms with Crippen LogP contribution in [0.5, 0.6) is 11.5 Å². The van der Waals surface area contributed by atoms with E-state index in [1.807, 2.05) is 0 Å². The number of phenolic OH excluding ortho intramolecular Hbond substituents is 2. The molecule has 2 unspecified atom stereocenters. The normalized spacial score (nSPS) is 19.9. The summed E-state index contributed by atoms with van der Waals surface area (Å²) in [7, 11) is 0. The average Bonchev–Trinajstić information content (AvgIpc) is 3.23. The Balaban J connectivity index is 1.74. The molecule has 0 amide bonds. The topological polar surface area (TPSA) is 40.5 Å².